The molecule has 0 bridgehead atoms. The van der Waals surface area contributed by atoms with Crippen molar-refractivity contribution in [2.24, 2.45) is 5.73 Å². The van der Waals surface area contributed by atoms with E-state index in [0.717, 1.165) is 15.1 Å². The molecule has 2 unspecified atom stereocenters. The Morgan fingerprint density at radius 1 is 1.18 bits per heavy atom. The Morgan fingerprint density at radius 3 is 2.55 bits per heavy atom. The first kappa shape index (κ1) is 15.3. The molecule has 0 spiro atoms. The van der Waals surface area contributed by atoms with Gasteiger partial charge >= 0.3 is 0 Å². The molecular weight excluding hydrogens is 320 g/mol. The molecule has 116 valence electrons. The minimum atomic E-state index is -3.77. The zero-order valence-electron chi connectivity index (χ0n) is 11.7. The van der Waals surface area contributed by atoms with Crippen molar-refractivity contribution in [1.29, 1.82) is 0 Å². The van der Waals surface area contributed by atoms with Gasteiger partial charge in [-0.25, -0.2) is 8.42 Å². The first-order chi connectivity index (χ1) is 10.4. The number of sulfonamides is 1. The quantitative estimate of drug-likeness (QED) is 0.831. The highest BCUT2D eigenvalue weighted by atomic mass is 32.2. The molecule has 1 aliphatic rings. The van der Waals surface area contributed by atoms with Crippen molar-refractivity contribution in [2.45, 2.75) is 22.6 Å². The van der Waals surface area contributed by atoms with Crippen molar-refractivity contribution >= 4 is 39.3 Å². The number of carbonyl (C=O) groups excluding carboxylic acids is 1. The monoisotopic (exact) mass is 336 g/mol. The van der Waals surface area contributed by atoms with Gasteiger partial charge in [0.1, 0.15) is 6.04 Å². The summed E-state index contributed by atoms with van der Waals surface area (Å²) >= 11 is 4.29. The Hall–Kier alpha value is -1.57. The van der Waals surface area contributed by atoms with Gasteiger partial charge in [0, 0.05) is 11.8 Å². The summed E-state index contributed by atoms with van der Waals surface area (Å²) in [6, 6.07) is 11.6. The predicted molar refractivity (Wildman–Crippen MR) is 88.2 cm³/mol. The second-order valence-corrected chi connectivity index (χ2v) is 8.01. The molecule has 1 heterocycles. The topological polar surface area (TPSA) is 80.5 Å². The lowest BCUT2D eigenvalue weighted by Crippen LogP contribution is -2.43. The van der Waals surface area contributed by atoms with Crippen molar-refractivity contribution in [3.63, 3.8) is 0 Å². The molecule has 0 radical (unpaired) electrons. The minimum Gasteiger partial charge on any atom is -0.368 e. The first-order valence-corrected chi connectivity index (χ1v) is 8.83. The fourth-order valence-corrected chi connectivity index (χ4v) is 4.95. The van der Waals surface area contributed by atoms with Crippen LogP contribution in [0.5, 0.6) is 0 Å². The Kier molecular flexibility index (Phi) is 3.88. The molecule has 1 fully saturated rings. The lowest BCUT2D eigenvalue weighted by molar-refractivity contribution is -0.121. The van der Waals surface area contributed by atoms with E-state index in [1.54, 1.807) is 18.2 Å². The molecule has 2 N–H and O–H groups in total. The number of thiol groups is 1. The molecular formula is C15H16N2O3S2. The van der Waals surface area contributed by atoms with Gasteiger partial charge in [0.15, 0.2) is 0 Å². The van der Waals surface area contributed by atoms with Crippen LogP contribution < -0.4 is 5.73 Å². The maximum atomic E-state index is 12.8. The molecule has 22 heavy (non-hydrogen) atoms. The van der Waals surface area contributed by atoms with Gasteiger partial charge in [-0.05, 0) is 29.3 Å². The average molecular weight is 336 g/mol. The number of hydrogen-bond acceptors (Lipinski definition) is 4. The maximum absolute atomic E-state index is 12.8. The van der Waals surface area contributed by atoms with E-state index in [2.05, 4.69) is 12.6 Å². The molecule has 2 aromatic rings. The average Bonchev–Trinajstić information content (AvgIpc) is 2.90. The lowest BCUT2D eigenvalue weighted by Gasteiger charge is -2.21. The van der Waals surface area contributed by atoms with Crippen LogP contribution in [0.3, 0.4) is 0 Å². The highest BCUT2D eigenvalue weighted by Crippen LogP contribution is 2.29. The molecule has 7 heteroatoms. The Morgan fingerprint density at radius 2 is 1.86 bits per heavy atom. The summed E-state index contributed by atoms with van der Waals surface area (Å²) in [6.45, 7) is 0.186. The van der Waals surface area contributed by atoms with E-state index in [-0.39, 0.29) is 16.7 Å². The van der Waals surface area contributed by atoms with Crippen LogP contribution >= 0.6 is 12.6 Å². The molecule has 0 aliphatic carbocycles. The summed E-state index contributed by atoms with van der Waals surface area (Å²) in [4.78, 5) is 11.7. The number of benzene rings is 2. The largest absolute Gasteiger partial charge is 0.368 e. The number of rotatable bonds is 3. The molecule has 0 aromatic heterocycles. The number of hydrogen-bond donors (Lipinski definition) is 2. The van der Waals surface area contributed by atoms with Gasteiger partial charge in [-0.15, -0.1) is 0 Å². The number of primary amides is 1. The zero-order valence-corrected chi connectivity index (χ0v) is 13.4. The van der Waals surface area contributed by atoms with Gasteiger partial charge < -0.3 is 5.73 Å². The van der Waals surface area contributed by atoms with E-state index >= 15 is 0 Å². The summed E-state index contributed by atoms with van der Waals surface area (Å²) in [5, 5.41) is 1.61. The van der Waals surface area contributed by atoms with Crippen LogP contribution in [0.2, 0.25) is 0 Å². The fraction of sp³-hybridized carbons (Fsp3) is 0.267. The van der Waals surface area contributed by atoms with Crippen LogP contribution in [0.1, 0.15) is 6.42 Å². The van der Waals surface area contributed by atoms with Crippen LogP contribution in [-0.4, -0.2) is 36.5 Å². The first-order valence-electron chi connectivity index (χ1n) is 6.87. The zero-order chi connectivity index (χ0) is 15.9. The maximum Gasteiger partial charge on any atom is 0.243 e. The third kappa shape index (κ3) is 2.60. The number of carbonyl (C=O) groups is 1. The summed E-state index contributed by atoms with van der Waals surface area (Å²) in [5.74, 6) is -0.638. The molecule has 2 aromatic carbocycles. The summed E-state index contributed by atoms with van der Waals surface area (Å²) in [6.07, 6.45) is 0.339. The standard InChI is InChI=1S/C15H16N2O3S2/c16-15(18)14-8-12(21)9-17(14)22(19,20)13-6-5-10-3-1-2-4-11(10)7-13/h1-7,12,14,21H,8-9H2,(H2,16,18). The smallest absolute Gasteiger partial charge is 0.243 e. The van der Waals surface area contributed by atoms with E-state index in [4.69, 9.17) is 5.73 Å². The Balaban J connectivity index is 2.05. The molecule has 0 saturated carbocycles. The fourth-order valence-electron chi connectivity index (χ4n) is 2.77. The van der Waals surface area contributed by atoms with Gasteiger partial charge in [0.25, 0.3) is 0 Å². The second-order valence-electron chi connectivity index (χ2n) is 5.39. The molecule has 3 rings (SSSR count). The van der Waals surface area contributed by atoms with Crippen molar-refractivity contribution < 1.29 is 13.2 Å². The van der Waals surface area contributed by atoms with Gasteiger partial charge in [-0.3, -0.25) is 4.79 Å². The SMILES string of the molecule is NC(=O)C1CC(S)CN1S(=O)(=O)c1ccc2ccccc2c1. The Labute approximate surface area is 134 Å². The van der Waals surface area contributed by atoms with E-state index in [1.165, 1.54) is 0 Å². The minimum absolute atomic E-state index is 0.167. The van der Waals surface area contributed by atoms with Crippen LogP contribution in [-0.2, 0) is 14.8 Å². The Bertz CT molecular complexity index is 836. The van der Waals surface area contributed by atoms with Gasteiger partial charge in [-0.2, -0.15) is 16.9 Å². The lowest BCUT2D eigenvalue weighted by atomic mass is 10.1. The molecule has 5 nitrogen and oxygen atoms in total. The van der Waals surface area contributed by atoms with Crippen LogP contribution in [0.4, 0.5) is 0 Å². The van der Waals surface area contributed by atoms with Crippen LogP contribution in [0.25, 0.3) is 10.8 Å². The van der Waals surface area contributed by atoms with Crippen LogP contribution in [0.15, 0.2) is 47.4 Å². The van der Waals surface area contributed by atoms with Gasteiger partial charge in [-0.1, -0.05) is 30.3 Å². The molecule has 1 aliphatic heterocycles. The number of fused-ring (bicyclic) bond motifs is 1. The van der Waals surface area contributed by atoms with E-state index in [9.17, 15) is 13.2 Å². The number of amides is 1. The summed E-state index contributed by atoms with van der Waals surface area (Å²) in [5.41, 5.74) is 5.34. The van der Waals surface area contributed by atoms with E-state index in [0.29, 0.717) is 6.42 Å². The van der Waals surface area contributed by atoms with Crippen molar-refractivity contribution in [3.8, 4) is 0 Å². The van der Waals surface area contributed by atoms with E-state index < -0.39 is 22.0 Å². The summed E-state index contributed by atoms with van der Waals surface area (Å²) in [7, 11) is -3.77. The third-order valence-electron chi connectivity index (χ3n) is 3.89. The van der Waals surface area contributed by atoms with Gasteiger partial charge in [0.05, 0.1) is 4.90 Å². The number of nitrogens with zero attached hydrogens (tertiary/aromatic N) is 1. The molecule has 2 atom stereocenters. The number of nitrogens with two attached hydrogens (primary N) is 1. The predicted octanol–water partition coefficient (Wildman–Crippen LogP) is 1.39. The highest BCUT2D eigenvalue weighted by molar-refractivity contribution is 7.89. The normalized spacial score (nSPS) is 23.0. The third-order valence-corrected chi connectivity index (χ3v) is 6.13. The summed E-state index contributed by atoms with van der Waals surface area (Å²) < 4.78 is 26.8. The van der Waals surface area contributed by atoms with E-state index in [1.807, 2.05) is 24.3 Å². The van der Waals surface area contributed by atoms with Crippen molar-refractivity contribution in [1.82, 2.24) is 4.31 Å². The van der Waals surface area contributed by atoms with Gasteiger partial charge in [0.2, 0.25) is 15.9 Å². The second kappa shape index (κ2) is 5.57. The van der Waals surface area contributed by atoms with Crippen molar-refractivity contribution in [2.75, 3.05) is 6.54 Å². The molecule has 1 saturated heterocycles. The highest BCUT2D eigenvalue weighted by Gasteiger charge is 2.42. The van der Waals surface area contributed by atoms with Crippen LogP contribution in [0, 0.1) is 0 Å². The van der Waals surface area contributed by atoms with Crippen molar-refractivity contribution in [3.05, 3.63) is 42.5 Å². The molecule has 1 amide bonds.